The number of benzene rings is 1. The van der Waals surface area contributed by atoms with E-state index < -0.39 is 11.5 Å². The Morgan fingerprint density at radius 3 is 2.89 bits per heavy atom. The van der Waals surface area contributed by atoms with E-state index in [1.165, 1.54) is 4.90 Å². The summed E-state index contributed by atoms with van der Waals surface area (Å²) in [4.78, 5) is 33.4. The number of primary amides is 1. The molecule has 0 aliphatic carbocycles. The number of hydrogen-bond acceptors (Lipinski definition) is 5. The van der Waals surface area contributed by atoms with Gasteiger partial charge in [-0.2, -0.15) is 0 Å². The van der Waals surface area contributed by atoms with Crippen molar-refractivity contribution in [1.82, 2.24) is 14.9 Å². The Morgan fingerprint density at radius 2 is 2.22 bits per heavy atom. The number of aryl methyl sites for hydroxylation is 1. The molecule has 2 amide bonds. The highest BCUT2D eigenvalue weighted by molar-refractivity contribution is 5.92. The molecule has 1 aliphatic heterocycles. The lowest BCUT2D eigenvalue weighted by molar-refractivity contribution is -0.141. The summed E-state index contributed by atoms with van der Waals surface area (Å²) in [6, 6.07) is 7.27. The van der Waals surface area contributed by atoms with E-state index in [1.807, 2.05) is 24.3 Å². The second-order valence-corrected chi connectivity index (χ2v) is 6.62. The van der Waals surface area contributed by atoms with Crippen LogP contribution in [-0.4, -0.2) is 51.0 Å². The normalized spacial score (nSPS) is 18.9. The van der Waals surface area contributed by atoms with Crippen LogP contribution in [0.4, 0.5) is 0 Å². The van der Waals surface area contributed by atoms with Crippen molar-refractivity contribution in [3.63, 3.8) is 0 Å². The number of carbonyl (C=O) groups excluding carboxylic acids is 2. The van der Waals surface area contributed by atoms with Crippen LogP contribution in [0.2, 0.25) is 0 Å². The Kier molecular flexibility index (Phi) is 4.93. The Balaban J connectivity index is 1.82. The molecule has 138 valence electrons. The molecule has 1 unspecified atom stereocenters. The molecule has 1 fully saturated rings. The van der Waals surface area contributed by atoms with E-state index in [2.05, 4.69) is 21.8 Å². The summed E-state index contributed by atoms with van der Waals surface area (Å²) < 4.78 is 0. The zero-order valence-corrected chi connectivity index (χ0v) is 15.2. The molecule has 1 saturated heterocycles. The average Bonchev–Trinajstić information content (AvgIpc) is 2.90. The van der Waals surface area contributed by atoms with Gasteiger partial charge in [0.1, 0.15) is 5.69 Å². The molecule has 3 N–H and O–H groups in total. The lowest BCUT2D eigenvalue weighted by Gasteiger charge is -2.17. The maximum atomic E-state index is 12.0. The second-order valence-electron chi connectivity index (χ2n) is 6.62. The highest BCUT2D eigenvalue weighted by atomic mass is 16.3. The van der Waals surface area contributed by atoms with E-state index in [1.54, 1.807) is 20.2 Å². The first-order chi connectivity index (χ1) is 12.8. The maximum absolute atomic E-state index is 12.0. The van der Waals surface area contributed by atoms with Crippen LogP contribution in [0.5, 0.6) is 0 Å². The number of likely N-dealkylation sites (tertiary alicyclic amines) is 1. The minimum Gasteiger partial charge on any atom is -0.379 e. The Bertz CT molecular complexity index is 977. The van der Waals surface area contributed by atoms with Gasteiger partial charge in [-0.3, -0.25) is 14.6 Å². The van der Waals surface area contributed by atoms with Gasteiger partial charge < -0.3 is 15.7 Å². The fraction of sp³-hybridized carbons (Fsp3) is 0.300. The summed E-state index contributed by atoms with van der Waals surface area (Å²) in [6.45, 7) is 2.20. The molecule has 1 atom stereocenters. The van der Waals surface area contributed by atoms with Gasteiger partial charge in [0, 0.05) is 37.6 Å². The molecule has 0 spiro atoms. The van der Waals surface area contributed by atoms with Crippen LogP contribution in [0.3, 0.4) is 0 Å². The predicted octanol–water partition coefficient (Wildman–Crippen LogP) is 0.886. The number of carbonyl (C=O) groups is 2. The van der Waals surface area contributed by atoms with Crippen LogP contribution in [0.1, 0.15) is 34.6 Å². The number of amides is 2. The summed E-state index contributed by atoms with van der Waals surface area (Å²) in [5, 5.41) is 10.4. The highest BCUT2D eigenvalue weighted by Crippen LogP contribution is 2.25. The van der Waals surface area contributed by atoms with Gasteiger partial charge in [-0.1, -0.05) is 24.0 Å². The summed E-state index contributed by atoms with van der Waals surface area (Å²) in [6.07, 6.45) is 2.03. The van der Waals surface area contributed by atoms with Gasteiger partial charge >= 0.3 is 0 Å². The van der Waals surface area contributed by atoms with E-state index in [9.17, 15) is 14.7 Å². The molecule has 7 nitrogen and oxygen atoms in total. The maximum Gasteiger partial charge on any atom is 0.269 e. The lowest BCUT2D eigenvalue weighted by Crippen LogP contribution is -2.38. The smallest absolute Gasteiger partial charge is 0.269 e. The number of rotatable bonds is 3. The number of aromatic nitrogens is 2. The molecular weight excluding hydrogens is 344 g/mol. The monoisotopic (exact) mass is 364 g/mol. The molecule has 1 aromatic carbocycles. The third-order valence-corrected chi connectivity index (χ3v) is 4.57. The number of nitrogens with zero attached hydrogens (tertiary/aromatic N) is 3. The van der Waals surface area contributed by atoms with Crippen molar-refractivity contribution in [2.75, 3.05) is 13.6 Å². The first kappa shape index (κ1) is 18.5. The minimum atomic E-state index is -1.40. The molecule has 1 aromatic heterocycles. The van der Waals surface area contributed by atoms with Crippen molar-refractivity contribution in [3.05, 3.63) is 47.4 Å². The Morgan fingerprint density at radius 1 is 1.44 bits per heavy atom. The Hall–Kier alpha value is -3.24. The number of likely N-dealkylation sites (N-methyl/N-ethyl adjacent to an activating group) is 1. The molecular formula is C20H20N4O3. The zero-order chi connectivity index (χ0) is 19.6. The molecule has 1 aliphatic rings. The quantitative estimate of drug-likeness (QED) is 0.786. The summed E-state index contributed by atoms with van der Waals surface area (Å²) in [7, 11) is 1.67. The van der Waals surface area contributed by atoms with Crippen molar-refractivity contribution in [1.29, 1.82) is 0 Å². The van der Waals surface area contributed by atoms with Crippen molar-refractivity contribution >= 4 is 11.8 Å². The second kappa shape index (κ2) is 7.17. The fourth-order valence-corrected chi connectivity index (χ4v) is 2.95. The van der Waals surface area contributed by atoms with Crippen LogP contribution in [0.15, 0.2) is 30.5 Å². The highest BCUT2D eigenvalue weighted by Gasteiger charge is 2.42. The predicted molar refractivity (Wildman–Crippen MR) is 99.4 cm³/mol. The number of hydrogen-bond donors (Lipinski definition) is 2. The van der Waals surface area contributed by atoms with Crippen molar-refractivity contribution in [2.24, 2.45) is 5.73 Å². The topological polar surface area (TPSA) is 109 Å². The van der Waals surface area contributed by atoms with E-state index >= 15 is 0 Å². The van der Waals surface area contributed by atoms with Crippen LogP contribution in [0.25, 0.3) is 11.3 Å². The van der Waals surface area contributed by atoms with E-state index in [0.29, 0.717) is 29.9 Å². The van der Waals surface area contributed by atoms with Crippen molar-refractivity contribution in [3.8, 4) is 23.1 Å². The molecule has 2 heterocycles. The first-order valence-electron chi connectivity index (χ1n) is 8.51. The van der Waals surface area contributed by atoms with Gasteiger partial charge in [-0.25, -0.2) is 4.98 Å². The lowest BCUT2D eigenvalue weighted by atomic mass is 9.98. The summed E-state index contributed by atoms with van der Waals surface area (Å²) in [5.41, 5.74) is 6.50. The van der Waals surface area contributed by atoms with Gasteiger partial charge in [-0.05, 0) is 19.1 Å². The van der Waals surface area contributed by atoms with Crippen LogP contribution in [-0.2, 0) is 4.79 Å². The number of nitrogens with two attached hydrogens (primary N) is 1. The fourth-order valence-electron chi connectivity index (χ4n) is 2.95. The van der Waals surface area contributed by atoms with Gasteiger partial charge in [0.25, 0.3) is 11.8 Å². The molecule has 0 saturated carbocycles. The molecule has 0 bridgehead atoms. The van der Waals surface area contributed by atoms with Gasteiger partial charge in [0.05, 0.1) is 17.6 Å². The molecule has 3 rings (SSSR count). The van der Waals surface area contributed by atoms with Crippen molar-refractivity contribution in [2.45, 2.75) is 25.4 Å². The average molecular weight is 364 g/mol. The Labute approximate surface area is 157 Å². The standard InChI is InChI=1S/C20H20N4O3/c1-13-17(18(21)25)23-16(12-22-13)15-7-3-5-14(11-15)6-4-8-20(27)9-10-24(2)19(20)26/h3,5,7,11-12,27H,8-10H2,1-2H3,(H2,21,25). The van der Waals surface area contributed by atoms with Crippen LogP contribution >= 0.6 is 0 Å². The molecule has 7 heteroatoms. The molecule has 2 aromatic rings. The summed E-state index contributed by atoms with van der Waals surface area (Å²) in [5.74, 6) is 4.95. The SMILES string of the molecule is Cc1ncc(-c2cccc(C#CCC3(O)CCN(C)C3=O)c2)nc1C(N)=O. The minimum absolute atomic E-state index is 0.0799. The first-order valence-corrected chi connectivity index (χ1v) is 8.51. The zero-order valence-electron chi connectivity index (χ0n) is 15.2. The van der Waals surface area contributed by atoms with Crippen LogP contribution < -0.4 is 5.73 Å². The molecule has 27 heavy (non-hydrogen) atoms. The summed E-state index contributed by atoms with van der Waals surface area (Å²) >= 11 is 0. The number of aliphatic hydroxyl groups is 1. The van der Waals surface area contributed by atoms with Crippen LogP contribution in [0, 0.1) is 18.8 Å². The van der Waals surface area contributed by atoms with Gasteiger partial charge in [0.15, 0.2) is 5.60 Å². The van der Waals surface area contributed by atoms with Crippen molar-refractivity contribution < 1.29 is 14.7 Å². The third-order valence-electron chi connectivity index (χ3n) is 4.57. The van der Waals surface area contributed by atoms with Gasteiger partial charge in [0.2, 0.25) is 0 Å². The van der Waals surface area contributed by atoms with E-state index in [4.69, 9.17) is 5.73 Å². The van der Waals surface area contributed by atoms with Gasteiger partial charge in [-0.15, -0.1) is 0 Å². The molecule has 0 radical (unpaired) electrons. The van der Waals surface area contributed by atoms with E-state index in [-0.39, 0.29) is 18.0 Å². The largest absolute Gasteiger partial charge is 0.379 e. The third kappa shape index (κ3) is 3.81. The van der Waals surface area contributed by atoms with E-state index in [0.717, 1.165) is 5.56 Å².